The van der Waals surface area contributed by atoms with Crippen molar-refractivity contribution in [1.29, 1.82) is 0 Å². The highest BCUT2D eigenvalue weighted by Crippen LogP contribution is 2.21. The number of hydrogen-bond acceptors (Lipinski definition) is 7. The molecule has 4 aromatic carbocycles. The van der Waals surface area contributed by atoms with Gasteiger partial charge < -0.3 is 33.5 Å². The highest BCUT2D eigenvalue weighted by molar-refractivity contribution is 5.35. The van der Waals surface area contributed by atoms with Crippen LogP contribution in [0.25, 0.3) is 0 Å². The minimum atomic E-state index is -0.750. The molecule has 0 amide bonds. The first-order valence-corrected chi connectivity index (χ1v) is 14.4. The Labute approximate surface area is 247 Å². The van der Waals surface area contributed by atoms with Crippen molar-refractivity contribution in [1.82, 2.24) is 0 Å². The molecule has 1 heterocycles. The van der Waals surface area contributed by atoms with Gasteiger partial charge in [0.2, 0.25) is 0 Å². The summed E-state index contributed by atoms with van der Waals surface area (Å²) in [7, 11) is 0. The minimum Gasteiger partial charge on any atom is -0.491 e. The van der Waals surface area contributed by atoms with Crippen molar-refractivity contribution in [2.45, 2.75) is 32.0 Å². The van der Waals surface area contributed by atoms with Gasteiger partial charge in [0.05, 0.1) is 6.61 Å². The fourth-order valence-electron chi connectivity index (χ4n) is 4.26. The van der Waals surface area contributed by atoms with Gasteiger partial charge in [-0.3, -0.25) is 0 Å². The first-order valence-electron chi connectivity index (χ1n) is 14.4. The lowest BCUT2D eigenvalue weighted by molar-refractivity contribution is 0.0224. The van der Waals surface area contributed by atoms with Crippen molar-refractivity contribution in [3.8, 4) is 23.0 Å². The number of ether oxygens (including phenoxy) is 6. The van der Waals surface area contributed by atoms with Crippen LogP contribution in [0.2, 0.25) is 0 Å². The summed E-state index contributed by atoms with van der Waals surface area (Å²) in [4.78, 5) is 0. The van der Waals surface area contributed by atoms with Crippen LogP contribution in [-0.2, 0) is 22.3 Å². The molecule has 0 radical (unpaired) electrons. The van der Waals surface area contributed by atoms with Crippen LogP contribution in [-0.4, -0.2) is 57.1 Å². The Morgan fingerprint density at radius 3 is 1.38 bits per heavy atom. The number of benzene rings is 4. The quantitative estimate of drug-likeness (QED) is 0.0971. The zero-order valence-electron chi connectivity index (χ0n) is 23.9. The molecular formula is C35H38O7. The van der Waals surface area contributed by atoms with E-state index in [1.54, 1.807) is 0 Å². The zero-order valence-corrected chi connectivity index (χ0v) is 23.9. The molecule has 1 N–H and O–H groups in total. The topological polar surface area (TPSA) is 78.9 Å². The summed E-state index contributed by atoms with van der Waals surface area (Å²) in [6.07, 6.45) is 1.13. The van der Waals surface area contributed by atoms with Gasteiger partial charge in [-0.05, 0) is 90.6 Å². The van der Waals surface area contributed by atoms with E-state index in [0.717, 1.165) is 30.9 Å². The van der Waals surface area contributed by atoms with Gasteiger partial charge in [-0.25, -0.2) is 0 Å². The molecular weight excluding hydrogens is 532 g/mol. The number of hydrogen-bond donors (Lipinski definition) is 1. The lowest BCUT2D eigenvalue weighted by Gasteiger charge is -2.14. The van der Waals surface area contributed by atoms with E-state index in [2.05, 4.69) is 24.3 Å². The monoisotopic (exact) mass is 570 g/mol. The van der Waals surface area contributed by atoms with Crippen molar-refractivity contribution in [3.05, 3.63) is 119 Å². The minimum absolute atomic E-state index is 0.147. The summed E-state index contributed by atoms with van der Waals surface area (Å²) in [5.41, 5.74) is 4.74. The van der Waals surface area contributed by atoms with E-state index in [1.807, 2.05) is 79.7 Å². The Bertz CT molecular complexity index is 1330. The third-order valence-electron chi connectivity index (χ3n) is 6.75. The van der Waals surface area contributed by atoms with E-state index in [-0.39, 0.29) is 26.1 Å². The fraction of sp³-hybridized carbons (Fsp3) is 0.314. The van der Waals surface area contributed by atoms with Crippen LogP contribution in [0.1, 0.15) is 29.2 Å². The average molecular weight is 571 g/mol. The van der Waals surface area contributed by atoms with Gasteiger partial charge in [0.25, 0.3) is 0 Å². The van der Waals surface area contributed by atoms with Gasteiger partial charge >= 0.3 is 0 Å². The Balaban J connectivity index is 0.991. The maximum atomic E-state index is 10.4. The molecule has 4 aromatic rings. The van der Waals surface area contributed by atoms with Crippen LogP contribution >= 0.6 is 0 Å². The zero-order chi connectivity index (χ0) is 29.0. The Kier molecular flexibility index (Phi) is 10.7. The summed E-state index contributed by atoms with van der Waals surface area (Å²) in [6.45, 7) is 4.53. The van der Waals surface area contributed by atoms with Gasteiger partial charge in [0, 0.05) is 6.61 Å². The molecule has 2 atom stereocenters. The Hall–Kier alpha value is -4.04. The van der Waals surface area contributed by atoms with E-state index in [1.165, 1.54) is 22.3 Å². The van der Waals surface area contributed by atoms with Crippen molar-refractivity contribution in [2.24, 2.45) is 0 Å². The van der Waals surface area contributed by atoms with Crippen LogP contribution in [0.3, 0.4) is 0 Å². The number of aliphatic hydroxyl groups is 1. The van der Waals surface area contributed by atoms with Gasteiger partial charge in [-0.15, -0.1) is 0 Å². The summed E-state index contributed by atoms with van der Waals surface area (Å²) in [5, 5.41) is 10.4. The molecule has 0 bridgehead atoms. The molecule has 0 aliphatic carbocycles. The summed E-state index contributed by atoms with van der Waals surface area (Å²) >= 11 is 0. The maximum absolute atomic E-state index is 10.4. The SMILES string of the molecule is CCOCOc1ccc(Cc2ccc(OCC(O)COc3ccc(Cc4ccc(OCC5CO5)cc4)cc3)cc2)cc1. The molecule has 5 rings (SSSR count). The number of epoxide rings is 1. The van der Waals surface area contributed by atoms with Crippen LogP contribution in [0.5, 0.6) is 23.0 Å². The van der Waals surface area contributed by atoms with E-state index in [9.17, 15) is 5.11 Å². The maximum Gasteiger partial charge on any atom is 0.189 e. The smallest absolute Gasteiger partial charge is 0.189 e. The molecule has 1 saturated heterocycles. The molecule has 7 heteroatoms. The lowest BCUT2D eigenvalue weighted by atomic mass is 10.0. The van der Waals surface area contributed by atoms with Crippen LogP contribution in [0.4, 0.5) is 0 Å². The van der Waals surface area contributed by atoms with E-state index < -0.39 is 6.10 Å². The summed E-state index contributed by atoms with van der Waals surface area (Å²) < 4.78 is 33.2. The molecule has 220 valence electrons. The van der Waals surface area contributed by atoms with E-state index >= 15 is 0 Å². The number of rotatable bonds is 17. The molecule has 42 heavy (non-hydrogen) atoms. The van der Waals surface area contributed by atoms with Crippen LogP contribution < -0.4 is 18.9 Å². The molecule has 7 nitrogen and oxygen atoms in total. The van der Waals surface area contributed by atoms with E-state index in [0.29, 0.717) is 24.7 Å². The first kappa shape index (κ1) is 29.5. The fourth-order valence-corrected chi connectivity index (χ4v) is 4.26. The molecule has 2 unspecified atom stereocenters. The second kappa shape index (κ2) is 15.3. The van der Waals surface area contributed by atoms with Crippen LogP contribution in [0, 0.1) is 0 Å². The molecule has 0 saturated carbocycles. The molecule has 0 spiro atoms. The second-order valence-corrected chi connectivity index (χ2v) is 10.2. The summed E-state index contributed by atoms with van der Waals surface area (Å²) in [6, 6.07) is 32.0. The molecule has 1 aliphatic rings. The standard InChI is InChI=1S/C35H38O7/c1-2-37-25-42-34-17-9-29(10-18-34)20-27-5-13-32(14-6-27)39-22-30(36)21-38-31-11-3-26(4-12-31)19-28-7-15-33(16-8-28)40-23-35-24-41-35/h3-18,30,35-36H,2,19-25H2,1H3. The largest absolute Gasteiger partial charge is 0.491 e. The number of aliphatic hydroxyl groups excluding tert-OH is 1. The van der Waals surface area contributed by atoms with E-state index in [4.69, 9.17) is 28.4 Å². The third-order valence-corrected chi connectivity index (χ3v) is 6.75. The summed E-state index contributed by atoms with van der Waals surface area (Å²) in [5.74, 6) is 3.07. The third kappa shape index (κ3) is 9.80. The Morgan fingerprint density at radius 2 is 1.00 bits per heavy atom. The van der Waals surface area contributed by atoms with Crippen LogP contribution in [0.15, 0.2) is 97.1 Å². The molecule has 0 aromatic heterocycles. The van der Waals surface area contributed by atoms with Crippen molar-refractivity contribution in [2.75, 3.05) is 39.8 Å². The first-order chi connectivity index (χ1) is 20.6. The van der Waals surface area contributed by atoms with Gasteiger partial charge in [0.1, 0.15) is 55.0 Å². The van der Waals surface area contributed by atoms with Crippen molar-refractivity contribution in [3.63, 3.8) is 0 Å². The highest BCUT2D eigenvalue weighted by atomic mass is 16.7. The predicted octanol–water partition coefficient (Wildman–Crippen LogP) is 5.84. The van der Waals surface area contributed by atoms with Crippen molar-refractivity contribution < 1.29 is 33.5 Å². The second-order valence-electron chi connectivity index (χ2n) is 10.2. The lowest BCUT2D eigenvalue weighted by Crippen LogP contribution is -2.25. The van der Waals surface area contributed by atoms with Gasteiger partial charge in [-0.1, -0.05) is 48.5 Å². The van der Waals surface area contributed by atoms with Gasteiger partial charge in [-0.2, -0.15) is 0 Å². The molecule has 1 aliphatic heterocycles. The van der Waals surface area contributed by atoms with Gasteiger partial charge in [0.15, 0.2) is 6.79 Å². The molecule has 1 fully saturated rings. The normalized spacial score (nSPS) is 14.7. The van der Waals surface area contributed by atoms with Crippen molar-refractivity contribution >= 4 is 0 Å². The highest BCUT2D eigenvalue weighted by Gasteiger charge is 2.22. The Morgan fingerprint density at radius 1 is 0.619 bits per heavy atom. The average Bonchev–Trinajstić information content (AvgIpc) is 3.86. The predicted molar refractivity (Wildman–Crippen MR) is 161 cm³/mol.